The van der Waals surface area contributed by atoms with Crippen molar-refractivity contribution >= 4 is 29.0 Å². The predicted molar refractivity (Wildman–Crippen MR) is 109 cm³/mol. The third kappa shape index (κ3) is 3.95. The molecule has 2 aromatic carbocycles. The molecule has 0 saturated heterocycles. The molecule has 0 spiro atoms. The van der Waals surface area contributed by atoms with Gasteiger partial charge in [-0.25, -0.2) is 4.79 Å². The Labute approximate surface area is 164 Å². The van der Waals surface area contributed by atoms with Crippen LogP contribution < -0.4 is 15.4 Å². The van der Waals surface area contributed by atoms with Crippen molar-refractivity contribution in [1.82, 2.24) is 10.6 Å². The summed E-state index contributed by atoms with van der Waals surface area (Å²) in [5.41, 5.74) is 3.93. The van der Waals surface area contributed by atoms with Crippen LogP contribution in [-0.4, -0.2) is 24.8 Å². The zero-order chi connectivity index (χ0) is 19.4. The van der Waals surface area contributed by atoms with Crippen molar-refractivity contribution in [3.05, 3.63) is 70.8 Å². The van der Waals surface area contributed by atoms with Crippen molar-refractivity contribution in [2.24, 2.45) is 0 Å². The van der Waals surface area contributed by atoms with Crippen LogP contribution in [0, 0.1) is 6.92 Å². The van der Waals surface area contributed by atoms with Gasteiger partial charge in [0, 0.05) is 0 Å². The van der Waals surface area contributed by atoms with Crippen LogP contribution in [0.4, 0.5) is 0 Å². The average Bonchev–Trinajstić information content (AvgIpc) is 2.68. The van der Waals surface area contributed by atoms with Crippen LogP contribution in [0.5, 0.6) is 5.75 Å². The number of benzene rings is 2. The summed E-state index contributed by atoms with van der Waals surface area (Å²) in [7, 11) is 1.64. The lowest BCUT2D eigenvalue weighted by molar-refractivity contribution is -0.138. The Hall–Kier alpha value is -2.86. The van der Waals surface area contributed by atoms with Gasteiger partial charge in [0.15, 0.2) is 5.11 Å². The molecule has 5 nitrogen and oxygen atoms in total. The molecule has 1 aliphatic heterocycles. The van der Waals surface area contributed by atoms with Gasteiger partial charge in [-0.1, -0.05) is 36.4 Å². The first-order valence-corrected chi connectivity index (χ1v) is 9.14. The summed E-state index contributed by atoms with van der Waals surface area (Å²) < 4.78 is 10.7. The Balaban J connectivity index is 2.16. The Bertz CT molecular complexity index is 894. The van der Waals surface area contributed by atoms with Gasteiger partial charge in [0.25, 0.3) is 0 Å². The number of nitrogens with one attached hydrogen (secondary N) is 2. The molecule has 0 aromatic heterocycles. The molecule has 0 radical (unpaired) electrons. The quantitative estimate of drug-likeness (QED) is 0.610. The van der Waals surface area contributed by atoms with Gasteiger partial charge in [0.1, 0.15) is 5.75 Å². The molecule has 0 amide bonds. The van der Waals surface area contributed by atoms with Crippen molar-refractivity contribution in [3.63, 3.8) is 0 Å². The van der Waals surface area contributed by atoms with Gasteiger partial charge in [-0.05, 0) is 54.9 Å². The average molecular weight is 382 g/mol. The first-order valence-electron chi connectivity index (χ1n) is 8.74. The first-order chi connectivity index (χ1) is 13.0. The highest BCUT2D eigenvalue weighted by Gasteiger charge is 2.33. The molecular weight excluding hydrogens is 360 g/mol. The molecule has 0 saturated carbocycles. The third-order valence-corrected chi connectivity index (χ3v) is 4.60. The number of esters is 1. The fourth-order valence-corrected chi connectivity index (χ4v) is 3.38. The Kier molecular flexibility index (Phi) is 5.76. The smallest absolute Gasteiger partial charge is 0.338 e. The maximum absolute atomic E-state index is 12.9. The van der Waals surface area contributed by atoms with Gasteiger partial charge in [-0.2, -0.15) is 0 Å². The van der Waals surface area contributed by atoms with Gasteiger partial charge in [-0.3, -0.25) is 0 Å². The molecule has 3 rings (SSSR count). The van der Waals surface area contributed by atoms with Gasteiger partial charge in [0.05, 0.1) is 31.0 Å². The van der Waals surface area contributed by atoms with Crippen molar-refractivity contribution in [2.75, 3.05) is 13.7 Å². The van der Waals surface area contributed by atoms with E-state index in [1.54, 1.807) is 14.0 Å². The van der Waals surface area contributed by atoms with Crippen LogP contribution in [0.3, 0.4) is 0 Å². The molecule has 140 valence electrons. The van der Waals surface area contributed by atoms with Gasteiger partial charge < -0.3 is 20.1 Å². The summed E-state index contributed by atoms with van der Waals surface area (Å²) in [5, 5.41) is 6.80. The maximum atomic E-state index is 12.9. The number of aryl methyl sites for hydroxylation is 1. The lowest BCUT2D eigenvalue weighted by Crippen LogP contribution is -2.45. The number of hydrogen-bond donors (Lipinski definition) is 2. The van der Waals surface area contributed by atoms with E-state index in [0.29, 0.717) is 23.0 Å². The largest absolute Gasteiger partial charge is 0.496 e. The fraction of sp³-hybridized carbons (Fsp3) is 0.238. The highest BCUT2D eigenvalue weighted by Crippen LogP contribution is 2.33. The molecule has 2 aromatic rings. The minimum Gasteiger partial charge on any atom is -0.496 e. The number of ether oxygens (including phenoxy) is 2. The van der Waals surface area contributed by atoms with E-state index in [4.69, 9.17) is 21.7 Å². The fourth-order valence-electron chi connectivity index (χ4n) is 3.16. The number of hydrogen-bond acceptors (Lipinski definition) is 4. The van der Waals surface area contributed by atoms with Crippen LogP contribution in [-0.2, 0) is 9.53 Å². The molecule has 1 aliphatic rings. The summed E-state index contributed by atoms with van der Waals surface area (Å²) in [6.45, 7) is 4.05. The van der Waals surface area contributed by atoms with Crippen molar-refractivity contribution in [2.45, 2.75) is 19.9 Å². The summed E-state index contributed by atoms with van der Waals surface area (Å²) in [4.78, 5) is 12.9. The minimum atomic E-state index is -0.419. The van der Waals surface area contributed by atoms with E-state index < -0.39 is 6.04 Å². The Morgan fingerprint density at radius 3 is 2.56 bits per heavy atom. The van der Waals surface area contributed by atoms with E-state index in [-0.39, 0.29) is 5.97 Å². The molecule has 0 aliphatic carbocycles. The van der Waals surface area contributed by atoms with Crippen LogP contribution in [0.1, 0.15) is 29.7 Å². The Morgan fingerprint density at radius 1 is 1.19 bits per heavy atom. The molecule has 6 heteroatoms. The first kappa shape index (κ1) is 18.9. The van der Waals surface area contributed by atoms with Crippen LogP contribution in [0.25, 0.3) is 5.70 Å². The molecule has 0 bridgehead atoms. The Morgan fingerprint density at radius 2 is 1.93 bits per heavy atom. The van der Waals surface area contributed by atoms with Crippen LogP contribution in [0.15, 0.2) is 54.1 Å². The summed E-state index contributed by atoms with van der Waals surface area (Å²) in [6.07, 6.45) is 0. The lowest BCUT2D eigenvalue weighted by Gasteiger charge is -2.31. The predicted octanol–water partition coefficient (Wildman–Crippen LogP) is 3.50. The summed E-state index contributed by atoms with van der Waals surface area (Å²) in [5.74, 6) is 0.414. The molecular formula is C21H22N2O3S. The van der Waals surface area contributed by atoms with Gasteiger partial charge >= 0.3 is 5.97 Å². The summed E-state index contributed by atoms with van der Waals surface area (Å²) in [6, 6.07) is 15.0. The van der Waals surface area contributed by atoms with E-state index in [1.807, 2.05) is 55.5 Å². The van der Waals surface area contributed by atoms with Crippen molar-refractivity contribution < 1.29 is 14.3 Å². The summed E-state index contributed by atoms with van der Waals surface area (Å²) >= 11 is 5.41. The van der Waals surface area contributed by atoms with E-state index in [1.165, 1.54) is 0 Å². The molecule has 2 N–H and O–H groups in total. The third-order valence-electron chi connectivity index (χ3n) is 4.38. The molecule has 0 unspecified atom stereocenters. The van der Waals surface area contributed by atoms with Crippen molar-refractivity contribution in [3.8, 4) is 5.75 Å². The highest BCUT2D eigenvalue weighted by molar-refractivity contribution is 7.80. The van der Waals surface area contributed by atoms with Gasteiger partial charge in [0.2, 0.25) is 0 Å². The topological polar surface area (TPSA) is 59.6 Å². The van der Waals surface area contributed by atoms with E-state index in [2.05, 4.69) is 10.6 Å². The van der Waals surface area contributed by atoms with E-state index in [9.17, 15) is 4.79 Å². The van der Waals surface area contributed by atoms with E-state index in [0.717, 1.165) is 22.4 Å². The van der Waals surface area contributed by atoms with Gasteiger partial charge in [-0.15, -0.1) is 0 Å². The second kappa shape index (κ2) is 8.22. The van der Waals surface area contributed by atoms with Crippen LogP contribution in [0.2, 0.25) is 0 Å². The highest BCUT2D eigenvalue weighted by atomic mass is 32.1. The monoisotopic (exact) mass is 382 g/mol. The number of methoxy groups -OCH3 is 1. The zero-order valence-corrected chi connectivity index (χ0v) is 16.4. The minimum absolute atomic E-state index is 0.295. The molecule has 1 atom stereocenters. The lowest BCUT2D eigenvalue weighted by atomic mass is 9.92. The SMILES string of the molecule is CCOC(=O)C1=C(c2ccccc2)NC(=S)N[C@H]1c1ccc(OC)c(C)c1. The maximum Gasteiger partial charge on any atom is 0.338 e. The normalized spacial score (nSPS) is 16.4. The second-order valence-corrected chi connectivity index (χ2v) is 6.54. The van der Waals surface area contributed by atoms with E-state index >= 15 is 0 Å². The number of rotatable bonds is 5. The second-order valence-electron chi connectivity index (χ2n) is 6.14. The number of thiocarbonyl (C=S) groups is 1. The van der Waals surface area contributed by atoms with Crippen LogP contribution >= 0.6 is 12.2 Å². The standard InChI is InChI=1S/C21H22N2O3S/c1-4-26-20(24)17-18(14-8-6-5-7-9-14)22-21(27)23-19(17)15-10-11-16(25-3)13(2)12-15/h5-12,19H,4H2,1-3H3,(H2,22,23,27)/t19-/m0/s1. The number of carbonyl (C=O) groups excluding carboxylic acids is 1. The molecule has 0 fully saturated rings. The molecule has 27 heavy (non-hydrogen) atoms. The zero-order valence-electron chi connectivity index (χ0n) is 15.5. The molecule has 1 heterocycles. The van der Waals surface area contributed by atoms with Crippen molar-refractivity contribution in [1.29, 1.82) is 0 Å². The number of carbonyl (C=O) groups is 1.